The molecule has 1 aliphatic carbocycles. The van der Waals surface area contributed by atoms with Gasteiger partial charge < -0.3 is 24.0 Å². The maximum atomic E-state index is 13.0. The van der Waals surface area contributed by atoms with Crippen LogP contribution in [0.5, 0.6) is 5.75 Å². The van der Waals surface area contributed by atoms with Crippen LogP contribution in [0, 0.1) is 13.8 Å². The summed E-state index contributed by atoms with van der Waals surface area (Å²) in [5.74, 6) is 0.509. The van der Waals surface area contributed by atoms with Crippen molar-refractivity contribution in [1.29, 1.82) is 0 Å². The standard InChI is InChI=1S/C23H39N3O6S/c1-17-12-20(30-7)13-18(2)23(17)33(28,29)25(5)9-10-31-16-22(27)26(6)19-14-21(15-19)32-11-8-24(3)4/h12-13,19,21H,8-11,14-16H2,1-7H3. The first kappa shape index (κ1) is 27.5. The molecule has 1 saturated carbocycles. The Hall–Kier alpha value is -1.72. The van der Waals surface area contributed by atoms with E-state index in [0.29, 0.717) is 23.5 Å². The first-order valence-electron chi connectivity index (χ1n) is 11.2. The molecule has 2 rings (SSSR count). The predicted molar refractivity (Wildman–Crippen MR) is 127 cm³/mol. The Kier molecular flexibility index (Phi) is 10.1. The largest absolute Gasteiger partial charge is 0.497 e. The molecule has 188 valence electrons. The second-order valence-electron chi connectivity index (χ2n) is 8.90. The van der Waals surface area contributed by atoms with E-state index in [1.807, 2.05) is 14.1 Å². The summed E-state index contributed by atoms with van der Waals surface area (Å²) < 4.78 is 43.8. The van der Waals surface area contributed by atoms with Crippen molar-refractivity contribution in [2.24, 2.45) is 0 Å². The van der Waals surface area contributed by atoms with Crippen molar-refractivity contribution in [3.8, 4) is 5.75 Å². The van der Waals surface area contributed by atoms with Crippen molar-refractivity contribution in [3.63, 3.8) is 0 Å². The lowest BCUT2D eigenvalue weighted by Gasteiger charge is -2.41. The van der Waals surface area contributed by atoms with Gasteiger partial charge >= 0.3 is 0 Å². The van der Waals surface area contributed by atoms with Crippen molar-refractivity contribution < 1.29 is 27.4 Å². The maximum absolute atomic E-state index is 13.0. The molecule has 1 aliphatic rings. The Bertz CT molecular complexity index is 876. The summed E-state index contributed by atoms with van der Waals surface area (Å²) in [6.45, 7) is 5.27. The lowest BCUT2D eigenvalue weighted by Crippen LogP contribution is -2.50. The second kappa shape index (κ2) is 12.1. The van der Waals surface area contributed by atoms with Gasteiger partial charge in [-0.25, -0.2) is 8.42 Å². The van der Waals surface area contributed by atoms with Gasteiger partial charge in [-0.15, -0.1) is 0 Å². The van der Waals surface area contributed by atoms with Crippen LogP contribution in [0.2, 0.25) is 0 Å². The summed E-state index contributed by atoms with van der Waals surface area (Å²) in [5.41, 5.74) is 1.25. The van der Waals surface area contributed by atoms with Crippen LogP contribution < -0.4 is 4.74 Å². The smallest absolute Gasteiger partial charge is 0.248 e. The van der Waals surface area contributed by atoms with E-state index in [1.165, 1.54) is 11.4 Å². The van der Waals surface area contributed by atoms with Crippen LogP contribution >= 0.6 is 0 Å². The van der Waals surface area contributed by atoms with Crippen molar-refractivity contribution >= 4 is 15.9 Å². The molecule has 0 radical (unpaired) electrons. The zero-order chi connectivity index (χ0) is 24.8. The molecule has 0 aromatic heterocycles. The second-order valence-corrected chi connectivity index (χ2v) is 10.9. The Balaban J connectivity index is 1.75. The Labute approximate surface area is 198 Å². The van der Waals surface area contributed by atoms with E-state index < -0.39 is 10.0 Å². The average molecular weight is 486 g/mol. The van der Waals surface area contributed by atoms with E-state index in [-0.39, 0.29) is 42.7 Å². The van der Waals surface area contributed by atoms with Crippen LogP contribution in [0.15, 0.2) is 17.0 Å². The lowest BCUT2D eigenvalue weighted by molar-refractivity contribution is -0.142. The van der Waals surface area contributed by atoms with E-state index in [9.17, 15) is 13.2 Å². The number of amides is 1. The van der Waals surface area contributed by atoms with Gasteiger partial charge in [0, 0.05) is 33.2 Å². The van der Waals surface area contributed by atoms with E-state index in [0.717, 1.165) is 19.4 Å². The number of ether oxygens (including phenoxy) is 3. The molecule has 33 heavy (non-hydrogen) atoms. The molecule has 0 aliphatic heterocycles. The minimum Gasteiger partial charge on any atom is -0.497 e. The normalized spacial score (nSPS) is 18.5. The third-order valence-electron chi connectivity index (χ3n) is 6.02. The van der Waals surface area contributed by atoms with Gasteiger partial charge in [-0.1, -0.05) is 0 Å². The van der Waals surface area contributed by atoms with E-state index in [1.54, 1.807) is 45.0 Å². The number of likely N-dealkylation sites (N-methyl/N-ethyl adjacent to an activating group) is 3. The van der Waals surface area contributed by atoms with Gasteiger partial charge in [0.1, 0.15) is 12.4 Å². The molecule has 9 nitrogen and oxygen atoms in total. The molecule has 0 unspecified atom stereocenters. The fourth-order valence-corrected chi connectivity index (χ4v) is 5.32. The zero-order valence-electron chi connectivity index (χ0n) is 21.0. The third-order valence-corrected chi connectivity index (χ3v) is 8.18. The average Bonchev–Trinajstić information content (AvgIpc) is 2.70. The monoisotopic (exact) mass is 485 g/mol. The van der Waals surface area contributed by atoms with Gasteiger partial charge in [-0.3, -0.25) is 4.79 Å². The summed E-state index contributed by atoms with van der Waals surface area (Å²) in [6, 6.07) is 3.57. The molecule has 0 atom stereocenters. The number of hydrogen-bond acceptors (Lipinski definition) is 7. The molecule has 1 aromatic carbocycles. The molecule has 1 aromatic rings. The van der Waals surface area contributed by atoms with Gasteiger partial charge in [0.25, 0.3) is 0 Å². The van der Waals surface area contributed by atoms with Crippen LogP contribution in [0.4, 0.5) is 0 Å². The fraction of sp³-hybridized carbons (Fsp3) is 0.696. The number of hydrogen-bond donors (Lipinski definition) is 0. The van der Waals surface area contributed by atoms with E-state index >= 15 is 0 Å². The van der Waals surface area contributed by atoms with Crippen molar-refractivity contribution in [1.82, 2.24) is 14.1 Å². The SMILES string of the molecule is COc1cc(C)c(S(=O)(=O)N(C)CCOCC(=O)N(C)C2CC(OCCN(C)C)C2)c(C)c1. The molecular weight excluding hydrogens is 446 g/mol. The van der Waals surface area contributed by atoms with Gasteiger partial charge in [0.15, 0.2) is 0 Å². The van der Waals surface area contributed by atoms with Crippen LogP contribution in [-0.4, -0.2) is 109 Å². The van der Waals surface area contributed by atoms with E-state index in [2.05, 4.69) is 4.90 Å². The number of rotatable bonds is 13. The summed E-state index contributed by atoms with van der Waals surface area (Å²) in [7, 11) is 5.17. The quantitative estimate of drug-likeness (QED) is 0.392. The minimum atomic E-state index is -3.68. The number of carbonyl (C=O) groups is 1. The maximum Gasteiger partial charge on any atom is 0.248 e. The summed E-state index contributed by atoms with van der Waals surface area (Å²) in [4.78, 5) is 16.5. The highest BCUT2D eigenvalue weighted by atomic mass is 32.2. The molecule has 0 heterocycles. The molecule has 0 spiro atoms. The number of aryl methyl sites for hydroxylation is 2. The number of sulfonamides is 1. The van der Waals surface area contributed by atoms with Gasteiger partial charge in [0.2, 0.25) is 15.9 Å². The van der Waals surface area contributed by atoms with Gasteiger partial charge in [-0.05, 0) is 64.0 Å². The van der Waals surface area contributed by atoms with Crippen molar-refractivity contribution in [2.45, 2.75) is 43.7 Å². The van der Waals surface area contributed by atoms with Crippen LogP contribution in [0.1, 0.15) is 24.0 Å². The predicted octanol–water partition coefficient (Wildman–Crippen LogP) is 1.52. The third kappa shape index (κ3) is 7.38. The van der Waals surface area contributed by atoms with E-state index in [4.69, 9.17) is 14.2 Å². The molecule has 1 fully saturated rings. The fourth-order valence-electron chi connectivity index (χ4n) is 3.76. The number of nitrogens with zero attached hydrogens (tertiary/aromatic N) is 3. The Morgan fingerprint density at radius 1 is 1.03 bits per heavy atom. The summed E-state index contributed by atoms with van der Waals surface area (Å²) in [5, 5.41) is 0. The van der Waals surface area contributed by atoms with Gasteiger partial charge in [-0.2, -0.15) is 4.31 Å². The number of methoxy groups -OCH3 is 1. The lowest BCUT2D eigenvalue weighted by atomic mass is 9.88. The zero-order valence-corrected chi connectivity index (χ0v) is 21.8. The van der Waals surface area contributed by atoms with Crippen LogP contribution in [0.3, 0.4) is 0 Å². The highest BCUT2D eigenvalue weighted by Gasteiger charge is 2.34. The van der Waals surface area contributed by atoms with Crippen molar-refractivity contribution in [2.75, 3.05) is 68.2 Å². The summed E-state index contributed by atoms with van der Waals surface area (Å²) in [6.07, 6.45) is 1.86. The molecule has 0 saturated heterocycles. The summed E-state index contributed by atoms with van der Waals surface area (Å²) >= 11 is 0. The highest BCUT2D eigenvalue weighted by molar-refractivity contribution is 7.89. The topological polar surface area (TPSA) is 88.6 Å². The minimum absolute atomic E-state index is 0.0758. The van der Waals surface area contributed by atoms with Crippen molar-refractivity contribution in [3.05, 3.63) is 23.3 Å². The molecule has 0 bridgehead atoms. The Morgan fingerprint density at radius 3 is 2.18 bits per heavy atom. The first-order valence-corrected chi connectivity index (χ1v) is 12.6. The highest BCUT2D eigenvalue weighted by Crippen LogP contribution is 2.28. The molecule has 10 heteroatoms. The molecule has 0 N–H and O–H groups in total. The Morgan fingerprint density at radius 2 is 1.64 bits per heavy atom. The van der Waals surface area contributed by atoms with Gasteiger partial charge in [0.05, 0.1) is 31.3 Å². The molecule has 1 amide bonds. The first-order chi connectivity index (χ1) is 15.5. The number of benzene rings is 1. The molecular formula is C23H39N3O6S. The van der Waals surface area contributed by atoms with Crippen LogP contribution in [-0.2, 0) is 24.3 Å². The number of carbonyl (C=O) groups excluding carboxylic acids is 1. The van der Waals surface area contributed by atoms with Crippen LogP contribution in [0.25, 0.3) is 0 Å².